The van der Waals surface area contributed by atoms with Gasteiger partial charge in [-0.15, -0.1) is 0 Å². The lowest BCUT2D eigenvalue weighted by molar-refractivity contribution is -0.457. The first-order chi connectivity index (χ1) is 58.7. The minimum atomic E-state index is -2.60. The summed E-state index contributed by atoms with van der Waals surface area (Å²) < 4.78 is 117. The van der Waals surface area contributed by atoms with Gasteiger partial charge >= 0.3 is 5.97 Å². The van der Waals surface area contributed by atoms with Gasteiger partial charge in [-0.3, -0.25) is 0 Å². The van der Waals surface area contributed by atoms with Crippen LogP contribution in [0.15, 0.2) is 96.1 Å². The average molecular weight is 1900 g/mol. The fourth-order valence-corrected chi connectivity index (χ4v) is 29.1. The Labute approximate surface area is 789 Å². The van der Waals surface area contributed by atoms with Crippen molar-refractivity contribution in [1.29, 1.82) is 0 Å². The Bertz CT molecular complexity index is 3750. The smallest absolute Gasteiger partial charge is 0.333 e. The lowest BCUT2D eigenvalue weighted by Crippen LogP contribution is -2.68. The molecule has 0 N–H and O–H groups in total. The van der Waals surface area contributed by atoms with Crippen LogP contribution in [0.1, 0.15) is 283 Å². The molecule has 128 heavy (non-hydrogen) atoms. The molecular weight excluding hydrogens is 1700 g/mol. The molecule has 738 valence electrons. The van der Waals surface area contributed by atoms with Crippen LogP contribution in [0.2, 0.25) is 109 Å². The number of hydrogen-bond acceptors (Lipinski definition) is 17. The number of methoxy groups -OCH3 is 2. The monoisotopic (exact) mass is 1890 g/mol. The van der Waals surface area contributed by atoms with Gasteiger partial charge in [-0.05, 0) is 205 Å². The van der Waals surface area contributed by atoms with Gasteiger partial charge in [0.15, 0.2) is 53.2 Å². The summed E-state index contributed by atoms with van der Waals surface area (Å²) in [6.45, 7) is 93.0. The van der Waals surface area contributed by atoms with Gasteiger partial charge in [0, 0.05) is 75.3 Å². The van der Waals surface area contributed by atoms with Crippen LogP contribution in [0, 0.1) is 35.5 Å². The number of hydrogen-bond donors (Lipinski definition) is 0. The van der Waals surface area contributed by atoms with E-state index in [4.69, 9.17) is 74.2 Å². The lowest BCUT2D eigenvalue weighted by Gasteiger charge is -2.56. The number of carbonyl (C=O) groups is 1. The van der Waals surface area contributed by atoms with Gasteiger partial charge < -0.3 is 74.2 Å². The molecule has 4 aliphatic heterocycles. The average Bonchev–Trinajstić information content (AvgIpc) is 0.736. The van der Waals surface area contributed by atoms with Crippen LogP contribution in [0.25, 0.3) is 0 Å². The zero-order chi connectivity index (χ0) is 97.0. The lowest BCUT2D eigenvalue weighted by atomic mass is 9.82. The SMILES string of the molecule is CCC[C@@H](O[Si](C)(C)C(C)(C)C)[C@@H](C)[C@H](O[Si](C)(C)C(C)(C)C)[C@@H](/C=C/[C@H](O[Si](C)(C)C(C)(C)C)[C@@H](C)[C@@H]1C/C=C(\C)[C@H]2OC(C)(C)O[C@H](C[C@@H]([Si](C)(C)c3ccccc3)[C@@H](C)[C@H](OCc3ccccc3)C[C@@H]3C[C@H](OCOC)[C@@H](OCOC)[C@]4(C[C@@H](OC(C)(C)O4)[C@@H](C)CC[C@@H](O[Si](C)(C)C(C)(C)C)C[C@@H](O[Si](C)(C)C(C)(C)C)C/C=C(\CC)C(=O)O1)O3)[C@@H]2C)CC. The van der Waals surface area contributed by atoms with E-state index in [9.17, 15) is 0 Å². The van der Waals surface area contributed by atoms with Crippen molar-refractivity contribution in [3.05, 3.63) is 102 Å². The highest BCUT2D eigenvalue weighted by Crippen LogP contribution is 2.53. The fraction of sp³-hybridized carbons (Fsp3) is 0.819. The van der Waals surface area contributed by atoms with E-state index in [2.05, 4.69) is 344 Å². The van der Waals surface area contributed by atoms with Gasteiger partial charge in [-0.2, -0.15) is 0 Å². The molecule has 0 unspecified atom stereocenters. The number of ether oxygens (including phenoxy) is 11. The van der Waals surface area contributed by atoms with Crippen LogP contribution in [0.4, 0.5) is 0 Å². The highest BCUT2D eigenvalue weighted by molar-refractivity contribution is 6.91. The van der Waals surface area contributed by atoms with Crippen LogP contribution in [0.5, 0.6) is 0 Å². The normalized spacial score (nSPS) is 29.9. The van der Waals surface area contributed by atoms with E-state index >= 15 is 4.79 Å². The Kier molecular flexibility index (Phi) is 41.6. The number of cyclic esters (lactones) is 1. The topological polar surface area (TPSA) is 165 Å². The fourth-order valence-electron chi connectivity index (χ4n) is 18.3. The molecule has 21 atom stereocenters. The molecule has 4 heterocycles. The second-order valence-electron chi connectivity index (χ2n) is 48.4. The summed E-state index contributed by atoms with van der Waals surface area (Å²) in [5.74, 6) is -4.33. The maximum Gasteiger partial charge on any atom is 0.333 e. The van der Waals surface area contributed by atoms with Crippen LogP contribution >= 0.6 is 0 Å². The standard InChI is InChI=1S/C105H192O17Si6/c1-43-52-87(119-126(37,38)100(16,17)18)77(8)95(121-128(41,42)102(22,23)24)80(44-2)60-64-88(120-127(39,40)101(19,20)21)75(6)86-63-58-74(5)94-78(9)90(114-103(25,26)116-94)68-93(123(31,32)85-55-50-47-51-56-85)76(7)89(109-70-79-53-48-46-49-54-79)66-84-67-91(110-71-107-29)96(111-72-108-30)105(113-84)69-92(115-104(27,28)122-105)73(4)57-61-82(117-124(33,34)98(10,11)12)65-83(118-125(35,36)99(13,14)15)62-59-81(45-3)97(106)112-86/h46-51,53-56,58-60,64,73,75-78,80,82-84,86-96H,43-45,52,57,61-63,65-72H2,1-42H3/b64-60+,74-58+,81-59+/t73-,75-,76-,77+,78-,80+,82+,83-,84+,86-,87+,88-,89+,90+,91-,92+,93+,94+,95-,96+,105+/m0/s1. The van der Waals surface area contributed by atoms with Crippen LogP contribution in [-0.4, -0.2) is 180 Å². The van der Waals surface area contributed by atoms with E-state index in [0.717, 1.165) is 49.7 Å². The molecule has 0 amide bonds. The zero-order valence-corrected chi connectivity index (χ0v) is 95.4. The summed E-state index contributed by atoms with van der Waals surface area (Å²) in [7, 11) is -11.4. The van der Waals surface area contributed by atoms with E-state index in [0.29, 0.717) is 57.1 Å². The number of esters is 1. The Morgan fingerprint density at radius 1 is 0.547 bits per heavy atom. The predicted molar refractivity (Wildman–Crippen MR) is 545 cm³/mol. The maximum absolute atomic E-state index is 16.2. The third-order valence-corrected chi connectivity index (χ3v) is 58.8. The van der Waals surface area contributed by atoms with Crippen LogP contribution < -0.4 is 5.19 Å². The van der Waals surface area contributed by atoms with Crippen molar-refractivity contribution in [1.82, 2.24) is 0 Å². The molecule has 1 spiro atoms. The largest absolute Gasteiger partial charge is 0.458 e. The van der Waals surface area contributed by atoms with E-state index in [1.165, 1.54) is 5.19 Å². The Hall–Kier alpha value is -2.17. The second kappa shape index (κ2) is 46.5. The molecule has 23 heteroatoms. The highest BCUT2D eigenvalue weighted by atomic mass is 28.4. The first-order valence-corrected chi connectivity index (χ1v) is 67.3. The number of carbonyl (C=O) groups excluding carboxylic acids is 1. The van der Waals surface area contributed by atoms with Crippen molar-refractivity contribution in [2.75, 3.05) is 27.8 Å². The predicted octanol–water partition coefficient (Wildman–Crippen LogP) is 27.5. The minimum Gasteiger partial charge on any atom is -0.458 e. The second-order valence-corrected chi connectivity index (χ2v) is 76.9. The van der Waals surface area contributed by atoms with E-state index in [1.54, 1.807) is 14.2 Å². The molecule has 3 fully saturated rings. The van der Waals surface area contributed by atoms with Crippen molar-refractivity contribution in [2.24, 2.45) is 35.5 Å². The van der Waals surface area contributed by atoms with Crippen LogP contribution in [0.3, 0.4) is 0 Å². The van der Waals surface area contributed by atoms with E-state index < -0.39 is 97.5 Å². The molecule has 2 aromatic carbocycles. The van der Waals surface area contributed by atoms with Gasteiger partial charge in [0.05, 0.1) is 75.7 Å². The summed E-state index contributed by atoms with van der Waals surface area (Å²) in [5, 5.41) is 0.971. The minimum absolute atomic E-state index is 0.00545. The Morgan fingerprint density at radius 3 is 1.61 bits per heavy atom. The maximum atomic E-state index is 16.2. The molecule has 6 rings (SSSR count). The van der Waals surface area contributed by atoms with Gasteiger partial charge in [-0.1, -0.05) is 269 Å². The first kappa shape index (κ1) is 115. The Morgan fingerprint density at radius 2 is 1.07 bits per heavy atom. The molecule has 0 saturated carbocycles. The number of fused-ring (bicyclic) bond motifs is 4. The molecule has 5 bridgehead atoms. The van der Waals surface area contributed by atoms with Crippen molar-refractivity contribution in [3.8, 4) is 0 Å². The number of rotatable bonds is 32. The molecule has 3 saturated heterocycles. The molecule has 0 radical (unpaired) electrons. The van der Waals surface area contributed by atoms with Crippen molar-refractivity contribution < 1.29 is 79.0 Å². The van der Waals surface area contributed by atoms with Crippen molar-refractivity contribution >= 4 is 60.8 Å². The molecule has 2 aromatic rings. The third-order valence-electron chi connectivity index (χ3n) is 31.8. The molecule has 0 aliphatic carbocycles. The molecular formula is C105H192O17Si6. The quantitative estimate of drug-likeness (QED) is 0.0294. The van der Waals surface area contributed by atoms with Crippen molar-refractivity contribution in [2.45, 2.75) is 490 Å². The first-order valence-electron chi connectivity index (χ1n) is 49.7. The van der Waals surface area contributed by atoms with Gasteiger partial charge in [0.25, 0.3) is 0 Å². The summed E-state index contributed by atoms with van der Waals surface area (Å²) >= 11 is 0. The summed E-state index contributed by atoms with van der Waals surface area (Å²) in [5.41, 5.74) is 2.84. The summed E-state index contributed by atoms with van der Waals surface area (Å²) in [6.07, 6.45) is 12.7. The molecule has 17 nitrogen and oxygen atoms in total. The van der Waals surface area contributed by atoms with Gasteiger partial charge in [-0.25, -0.2) is 4.79 Å². The summed E-state index contributed by atoms with van der Waals surface area (Å²) in [6, 6.07) is 21.7. The summed E-state index contributed by atoms with van der Waals surface area (Å²) in [4.78, 5) is 16.2. The highest BCUT2D eigenvalue weighted by Gasteiger charge is 2.61. The zero-order valence-electron chi connectivity index (χ0n) is 89.4. The molecule has 0 aromatic heterocycles. The Balaban J connectivity index is 1.69. The van der Waals surface area contributed by atoms with Crippen LogP contribution in [-0.2, 0) is 85.6 Å². The van der Waals surface area contributed by atoms with Gasteiger partial charge in [0.2, 0.25) is 5.79 Å². The van der Waals surface area contributed by atoms with E-state index in [1.807, 2.05) is 13.8 Å². The van der Waals surface area contributed by atoms with E-state index in [-0.39, 0.29) is 135 Å². The molecule has 4 aliphatic rings. The third kappa shape index (κ3) is 31.2. The van der Waals surface area contributed by atoms with Gasteiger partial charge in [0.1, 0.15) is 25.8 Å². The van der Waals surface area contributed by atoms with Crippen molar-refractivity contribution in [3.63, 3.8) is 0 Å². The number of benzene rings is 2.